The fourth-order valence-corrected chi connectivity index (χ4v) is 1.97. The minimum atomic E-state index is -3.23. The van der Waals surface area contributed by atoms with E-state index in [1.807, 2.05) is 0 Å². The van der Waals surface area contributed by atoms with E-state index < -0.39 is 9.84 Å². The number of sulfone groups is 1. The molecule has 1 aromatic carbocycles. The molecule has 0 aliphatic heterocycles. The summed E-state index contributed by atoms with van der Waals surface area (Å²) in [5.41, 5.74) is 5.72. The molecule has 0 heterocycles. The van der Waals surface area contributed by atoms with Gasteiger partial charge in [0.15, 0.2) is 9.84 Å². The fraction of sp³-hybridized carbons (Fsp3) is 0.143. The van der Waals surface area contributed by atoms with Gasteiger partial charge in [-0.3, -0.25) is 0 Å². The van der Waals surface area contributed by atoms with E-state index in [4.69, 9.17) is 5.73 Å². The van der Waals surface area contributed by atoms with E-state index in [-0.39, 0.29) is 10.6 Å². The molecule has 0 amide bonds. The molecule has 1 aromatic rings. The van der Waals surface area contributed by atoms with Gasteiger partial charge in [-0.25, -0.2) is 8.42 Å². The smallest absolute Gasteiger partial charge is 0.177 e. The maximum atomic E-state index is 11.1. The maximum Gasteiger partial charge on any atom is 0.177 e. The van der Waals surface area contributed by atoms with Gasteiger partial charge in [0.1, 0.15) is 0 Å². The summed E-state index contributed by atoms with van der Waals surface area (Å²) in [5, 5.41) is 0. The SMILES string of the molecule is CS(=O)(=O)c1cc(S)ccc1N. The van der Waals surface area contributed by atoms with Crippen LogP contribution >= 0.6 is 12.6 Å². The van der Waals surface area contributed by atoms with E-state index in [2.05, 4.69) is 12.6 Å². The molecule has 0 spiro atoms. The minimum absolute atomic E-state index is 0.134. The average molecular weight is 203 g/mol. The van der Waals surface area contributed by atoms with Crippen molar-refractivity contribution in [3.63, 3.8) is 0 Å². The van der Waals surface area contributed by atoms with Crippen molar-refractivity contribution in [2.24, 2.45) is 0 Å². The van der Waals surface area contributed by atoms with Crippen molar-refractivity contribution < 1.29 is 8.42 Å². The Hall–Kier alpha value is -0.680. The summed E-state index contributed by atoms with van der Waals surface area (Å²) in [5.74, 6) is 0. The van der Waals surface area contributed by atoms with Crippen LogP contribution in [0.1, 0.15) is 0 Å². The van der Waals surface area contributed by atoms with Crippen molar-refractivity contribution in [3.05, 3.63) is 18.2 Å². The molecule has 1 rings (SSSR count). The minimum Gasteiger partial charge on any atom is -0.398 e. The van der Waals surface area contributed by atoms with Crippen LogP contribution < -0.4 is 5.73 Å². The molecule has 0 aromatic heterocycles. The Morgan fingerprint density at radius 1 is 1.42 bits per heavy atom. The number of anilines is 1. The summed E-state index contributed by atoms with van der Waals surface area (Å²) in [6.07, 6.45) is 1.12. The van der Waals surface area contributed by atoms with Crippen LogP contribution in [0.25, 0.3) is 0 Å². The van der Waals surface area contributed by atoms with Crippen LogP contribution in [0.15, 0.2) is 28.0 Å². The Morgan fingerprint density at radius 3 is 2.42 bits per heavy atom. The summed E-state index contributed by atoms with van der Waals surface area (Å²) < 4.78 is 22.2. The normalized spacial score (nSPS) is 11.5. The standard InChI is InChI=1S/C7H9NO2S2/c1-12(9,10)7-4-5(11)2-3-6(7)8/h2-4,11H,8H2,1H3. The van der Waals surface area contributed by atoms with E-state index in [9.17, 15) is 8.42 Å². The third-order valence-corrected chi connectivity index (χ3v) is 2.83. The van der Waals surface area contributed by atoms with Crippen LogP contribution in [-0.2, 0) is 9.84 Å². The Labute approximate surface area is 76.9 Å². The number of nitrogens with two attached hydrogens (primary N) is 1. The number of nitrogen functional groups attached to an aromatic ring is 1. The Morgan fingerprint density at radius 2 is 2.00 bits per heavy atom. The molecule has 2 N–H and O–H groups in total. The third-order valence-electron chi connectivity index (χ3n) is 1.40. The molecule has 0 unspecified atom stereocenters. The number of thiol groups is 1. The van der Waals surface area contributed by atoms with E-state index in [1.54, 1.807) is 6.07 Å². The number of hydrogen-bond donors (Lipinski definition) is 2. The topological polar surface area (TPSA) is 60.2 Å². The fourth-order valence-electron chi connectivity index (χ4n) is 0.844. The molecule has 5 heteroatoms. The second-order valence-electron chi connectivity index (χ2n) is 2.49. The van der Waals surface area contributed by atoms with E-state index in [1.165, 1.54) is 12.1 Å². The van der Waals surface area contributed by atoms with Crippen molar-refractivity contribution in [1.29, 1.82) is 0 Å². The van der Waals surface area contributed by atoms with Gasteiger partial charge in [0.25, 0.3) is 0 Å². The molecule has 0 saturated carbocycles. The first-order valence-electron chi connectivity index (χ1n) is 3.20. The molecule has 0 aliphatic carbocycles. The third kappa shape index (κ3) is 1.92. The van der Waals surface area contributed by atoms with E-state index in [0.29, 0.717) is 4.90 Å². The molecule has 12 heavy (non-hydrogen) atoms. The molecule has 66 valence electrons. The van der Waals surface area contributed by atoms with Crippen LogP contribution in [0.5, 0.6) is 0 Å². The number of rotatable bonds is 1. The van der Waals surface area contributed by atoms with Crippen molar-refractivity contribution in [2.45, 2.75) is 9.79 Å². The van der Waals surface area contributed by atoms with Gasteiger partial charge in [-0.1, -0.05) is 0 Å². The van der Waals surface area contributed by atoms with Gasteiger partial charge in [-0.05, 0) is 18.2 Å². The highest BCUT2D eigenvalue weighted by Gasteiger charge is 2.10. The zero-order valence-corrected chi connectivity index (χ0v) is 8.19. The van der Waals surface area contributed by atoms with Crippen LogP contribution in [0, 0.1) is 0 Å². The van der Waals surface area contributed by atoms with Gasteiger partial charge in [-0.15, -0.1) is 12.6 Å². The van der Waals surface area contributed by atoms with Gasteiger partial charge in [0, 0.05) is 11.2 Å². The lowest BCUT2D eigenvalue weighted by atomic mass is 10.3. The quantitative estimate of drug-likeness (QED) is 0.528. The van der Waals surface area contributed by atoms with Crippen LogP contribution in [-0.4, -0.2) is 14.7 Å². The van der Waals surface area contributed by atoms with Crippen molar-refractivity contribution in [3.8, 4) is 0 Å². The molecule has 0 radical (unpaired) electrons. The summed E-state index contributed by atoms with van der Waals surface area (Å²) in [6, 6.07) is 4.61. The highest BCUT2D eigenvalue weighted by Crippen LogP contribution is 2.21. The first-order valence-corrected chi connectivity index (χ1v) is 5.53. The predicted octanol–water partition coefficient (Wildman–Crippen LogP) is 0.961. The van der Waals surface area contributed by atoms with Crippen molar-refractivity contribution >= 4 is 28.2 Å². The molecule has 0 atom stereocenters. The molecular weight excluding hydrogens is 194 g/mol. The Balaban J connectivity index is 3.43. The molecule has 0 saturated heterocycles. The van der Waals surface area contributed by atoms with Crippen LogP contribution in [0.4, 0.5) is 5.69 Å². The van der Waals surface area contributed by atoms with Gasteiger partial charge >= 0.3 is 0 Å². The number of benzene rings is 1. The Kier molecular flexibility index (Phi) is 2.34. The lowest BCUT2D eigenvalue weighted by molar-refractivity contribution is 0.602. The van der Waals surface area contributed by atoms with Gasteiger partial charge in [0.2, 0.25) is 0 Å². The maximum absolute atomic E-state index is 11.1. The highest BCUT2D eigenvalue weighted by atomic mass is 32.2. The van der Waals surface area contributed by atoms with E-state index in [0.717, 1.165) is 6.26 Å². The second kappa shape index (κ2) is 2.99. The monoisotopic (exact) mass is 203 g/mol. The summed E-state index contributed by atoms with van der Waals surface area (Å²) in [6.45, 7) is 0. The average Bonchev–Trinajstić information content (AvgIpc) is 1.92. The van der Waals surface area contributed by atoms with Crippen LogP contribution in [0.2, 0.25) is 0 Å². The molecule has 0 aliphatic rings. The van der Waals surface area contributed by atoms with E-state index >= 15 is 0 Å². The molecule has 3 nitrogen and oxygen atoms in total. The summed E-state index contributed by atoms with van der Waals surface area (Å²) >= 11 is 4.01. The Bertz CT molecular complexity index is 398. The zero-order chi connectivity index (χ0) is 9.35. The molecule has 0 fully saturated rings. The van der Waals surface area contributed by atoms with Gasteiger partial charge in [-0.2, -0.15) is 0 Å². The second-order valence-corrected chi connectivity index (χ2v) is 4.99. The summed E-state index contributed by atoms with van der Waals surface area (Å²) in [7, 11) is -3.23. The van der Waals surface area contributed by atoms with Crippen molar-refractivity contribution in [1.82, 2.24) is 0 Å². The van der Waals surface area contributed by atoms with Gasteiger partial charge in [0.05, 0.1) is 10.6 Å². The summed E-state index contributed by atoms with van der Waals surface area (Å²) in [4.78, 5) is 0.722. The van der Waals surface area contributed by atoms with Gasteiger partial charge < -0.3 is 5.73 Å². The first-order chi connectivity index (χ1) is 5.41. The molecule has 0 bridgehead atoms. The lowest BCUT2D eigenvalue weighted by Gasteiger charge is -2.02. The highest BCUT2D eigenvalue weighted by molar-refractivity contribution is 7.91. The number of hydrogen-bond acceptors (Lipinski definition) is 4. The molecular formula is C7H9NO2S2. The first kappa shape index (κ1) is 9.41. The predicted molar refractivity (Wildman–Crippen MR) is 51.2 cm³/mol. The lowest BCUT2D eigenvalue weighted by Crippen LogP contribution is -2.01. The van der Waals surface area contributed by atoms with Crippen LogP contribution in [0.3, 0.4) is 0 Å². The van der Waals surface area contributed by atoms with Crippen molar-refractivity contribution in [2.75, 3.05) is 12.0 Å². The largest absolute Gasteiger partial charge is 0.398 e. The zero-order valence-electron chi connectivity index (χ0n) is 6.48.